The standard InChI is InChI=1S/C11H12O4/c1-7-14-10(11(13)15-7)6-8-2-4-9(12)5-3-8/h2-5,7,10,12H,6H2,1H3/t7-,10-/m0/s1. The van der Waals surface area contributed by atoms with Gasteiger partial charge in [0.1, 0.15) is 5.75 Å². The van der Waals surface area contributed by atoms with Gasteiger partial charge in [0.15, 0.2) is 6.10 Å². The number of ether oxygens (including phenoxy) is 2. The third-order valence-corrected chi connectivity index (χ3v) is 2.26. The number of phenols is 1. The molecule has 0 bridgehead atoms. The van der Waals surface area contributed by atoms with Crippen molar-refractivity contribution >= 4 is 5.97 Å². The van der Waals surface area contributed by atoms with Crippen LogP contribution in [0.5, 0.6) is 5.75 Å². The van der Waals surface area contributed by atoms with Gasteiger partial charge in [-0.15, -0.1) is 0 Å². The van der Waals surface area contributed by atoms with E-state index in [1.54, 1.807) is 31.2 Å². The van der Waals surface area contributed by atoms with Crippen LogP contribution in [-0.4, -0.2) is 23.5 Å². The lowest BCUT2D eigenvalue weighted by Gasteiger charge is -2.05. The molecule has 1 saturated heterocycles. The van der Waals surface area contributed by atoms with Crippen LogP contribution >= 0.6 is 0 Å². The number of rotatable bonds is 2. The minimum atomic E-state index is -0.524. The Bertz CT molecular complexity index is 357. The first-order valence-electron chi connectivity index (χ1n) is 4.79. The van der Waals surface area contributed by atoms with Crippen LogP contribution < -0.4 is 0 Å². The summed E-state index contributed by atoms with van der Waals surface area (Å²) in [4.78, 5) is 11.3. The Morgan fingerprint density at radius 2 is 2.00 bits per heavy atom. The number of hydrogen-bond acceptors (Lipinski definition) is 4. The van der Waals surface area contributed by atoms with Gasteiger partial charge in [-0.1, -0.05) is 12.1 Å². The predicted octanol–water partition coefficient (Wildman–Crippen LogP) is 1.22. The van der Waals surface area contributed by atoms with E-state index in [0.717, 1.165) is 5.56 Å². The van der Waals surface area contributed by atoms with Crippen molar-refractivity contribution in [2.45, 2.75) is 25.7 Å². The van der Waals surface area contributed by atoms with Crippen LogP contribution in [0.15, 0.2) is 24.3 Å². The van der Waals surface area contributed by atoms with E-state index >= 15 is 0 Å². The predicted molar refractivity (Wildman–Crippen MR) is 52.2 cm³/mol. The zero-order chi connectivity index (χ0) is 10.8. The second kappa shape index (κ2) is 3.90. The molecule has 0 amide bonds. The fourth-order valence-corrected chi connectivity index (χ4v) is 1.53. The molecule has 1 aromatic rings. The van der Waals surface area contributed by atoms with Crippen LogP contribution in [0.1, 0.15) is 12.5 Å². The molecule has 0 saturated carbocycles. The number of carbonyl (C=O) groups is 1. The Balaban J connectivity index is 2.03. The first-order chi connectivity index (χ1) is 7.15. The van der Waals surface area contributed by atoms with Crippen molar-refractivity contribution in [1.82, 2.24) is 0 Å². The van der Waals surface area contributed by atoms with Crippen molar-refractivity contribution in [3.8, 4) is 5.75 Å². The number of benzene rings is 1. The minimum absolute atomic E-state index is 0.210. The lowest BCUT2D eigenvalue weighted by Crippen LogP contribution is -2.19. The summed E-state index contributed by atoms with van der Waals surface area (Å²) in [5.41, 5.74) is 0.934. The summed E-state index contributed by atoms with van der Waals surface area (Å²) < 4.78 is 10.1. The highest BCUT2D eigenvalue weighted by Crippen LogP contribution is 2.18. The molecule has 0 radical (unpaired) electrons. The van der Waals surface area contributed by atoms with E-state index in [2.05, 4.69) is 0 Å². The van der Waals surface area contributed by atoms with Crippen LogP contribution in [0.25, 0.3) is 0 Å². The topological polar surface area (TPSA) is 55.8 Å². The van der Waals surface area contributed by atoms with Crippen molar-refractivity contribution in [2.75, 3.05) is 0 Å². The molecular formula is C11H12O4. The molecule has 1 heterocycles. The van der Waals surface area contributed by atoms with E-state index in [4.69, 9.17) is 14.6 Å². The first-order valence-corrected chi connectivity index (χ1v) is 4.79. The molecule has 1 N–H and O–H groups in total. The Hall–Kier alpha value is -1.55. The van der Waals surface area contributed by atoms with Gasteiger partial charge in [0.05, 0.1) is 0 Å². The van der Waals surface area contributed by atoms with E-state index in [-0.39, 0.29) is 11.7 Å². The highest BCUT2D eigenvalue weighted by molar-refractivity contribution is 5.76. The normalized spacial score (nSPS) is 25.3. The fourth-order valence-electron chi connectivity index (χ4n) is 1.53. The number of phenolic OH excluding ortho intramolecular Hbond substituents is 1. The average Bonchev–Trinajstić information content (AvgIpc) is 2.49. The highest BCUT2D eigenvalue weighted by atomic mass is 16.7. The number of cyclic esters (lactones) is 1. The van der Waals surface area contributed by atoms with Crippen molar-refractivity contribution in [1.29, 1.82) is 0 Å². The van der Waals surface area contributed by atoms with Crippen molar-refractivity contribution < 1.29 is 19.4 Å². The van der Waals surface area contributed by atoms with Crippen LogP contribution in [-0.2, 0) is 20.7 Å². The van der Waals surface area contributed by atoms with E-state index in [9.17, 15) is 4.79 Å². The zero-order valence-corrected chi connectivity index (χ0v) is 8.34. The van der Waals surface area contributed by atoms with Gasteiger partial charge in [-0.3, -0.25) is 0 Å². The first kappa shape index (κ1) is 9.98. The van der Waals surface area contributed by atoms with Gasteiger partial charge in [0, 0.05) is 6.42 Å². The van der Waals surface area contributed by atoms with Gasteiger partial charge >= 0.3 is 5.97 Å². The maximum atomic E-state index is 11.3. The minimum Gasteiger partial charge on any atom is -0.508 e. The highest BCUT2D eigenvalue weighted by Gasteiger charge is 2.32. The quantitative estimate of drug-likeness (QED) is 0.742. The summed E-state index contributed by atoms with van der Waals surface area (Å²) in [7, 11) is 0. The number of carbonyl (C=O) groups excluding carboxylic acids is 1. The molecule has 1 aromatic carbocycles. The number of aromatic hydroxyl groups is 1. The maximum Gasteiger partial charge on any atom is 0.338 e. The summed E-state index contributed by atoms with van der Waals surface area (Å²) in [6.07, 6.45) is -0.507. The summed E-state index contributed by atoms with van der Waals surface area (Å²) in [5.74, 6) is -0.113. The van der Waals surface area contributed by atoms with E-state index in [1.807, 2.05) is 0 Å². The smallest absolute Gasteiger partial charge is 0.338 e. The molecule has 0 aromatic heterocycles. The molecule has 80 valence electrons. The molecule has 4 nitrogen and oxygen atoms in total. The SMILES string of the molecule is C[C@@H]1OC(=O)[C@H](Cc2ccc(O)cc2)O1. The fraction of sp³-hybridized carbons (Fsp3) is 0.364. The second-order valence-electron chi connectivity index (χ2n) is 3.50. The van der Waals surface area contributed by atoms with Gasteiger partial charge in [0.25, 0.3) is 0 Å². The van der Waals surface area contributed by atoms with Gasteiger partial charge in [-0.25, -0.2) is 4.79 Å². The van der Waals surface area contributed by atoms with E-state index < -0.39 is 12.4 Å². The lowest BCUT2D eigenvalue weighted by molar-refractivity contribution is -0.142. The molecule has 1 fully saturated rings. The lowest BCUT2D eigenvalue weighted by atomic mass is 10.1. The van der Waals surface area contributed by atoms with Crippen molar-refractivity contribution in [3.63, 3.8) is 0 Å². The third kappa shape index (κ3) is 2.27. The largest absolute Gasteiger partial charge is 0.508 e. The molecule has 0 aliphatic carbocycles. The van der Waals surface area contributed by atoms with Gasteiger partial charge in [-0.2, -0.15) is 0 Å². The Morgan fingerprint density at radius 1 is 1.33 bits per heavy atom. The molecule has 2 rings (SSSR count). The molecule has 0 unspecified atom stereocenters. The Labute approximate surface area is 87.4 Å². The summed E-state index contributed by atoms with van der Waals surface area (Å²) in [5, 5.41) is 9.09. The Kier molecular flexibility index (Phi) is 2.60. The van der Waals surface area contributed by atoms with Gasteiger partial charge in [-0.05, 0) is 24.6 Å². The molecule has 2 atom stereocenters. The summed E-state index contributed by atoms with van der Waals surface area (Å²) >= 11 is 0. The molecular weight excluding hydrogens is 196 g/mol. The van der Waals surface area contributed by atoms with Crippen molar-refractivity contribution in [2.24, 2.45) is 0 Å². The van der Waals surface area contributed by atoms with Crippen LogP contribution in [0, 0.1) is 0 Å². The van der Waals surface area contributed by atoms with Crippen LogP contribution in [0.3, 0.4) is 0 Å². The number of hydrogen-bond donors (Lipinski definition) is 1. The maximum absolute atomic E-state index is 11.3. The third-order valence-electron chi connectivity index (χ3n) is 2.26. The summed E-state index contributed by atoms with van der Waals surface area (Å²) in [6.45, 7) is 1.69. The number of esters is 1. The molecule has 1 aliphatic rings. The molecule has 15 heavy (non-hydrogen) atoms. The molecule has 4 heteroatoms. The second-order valence-corrected chi connectivity index (χ2v) is 3.50. The van der Waals surface area contributed by atoms with Gasteiger partial charge in [0.2, 0.25) is 6.29 Å². The zero-order valence-electron chi connectivity index (χ0n) is 8.34. The van der Waals surface area contributed by atoms with E-state index in [0.29, 0.717) is 6.42 Å². The Morgan fingerprint density at radius 3 is 2.53 bits per heavy atom. The van der Waals surface area contributed by atoms with Crippen LogP contribution in [0.4, 0.5) is 0 Å². The van der Waals surface area contributed by atoms with Crippen LogP contribution in [0.2, 0.25) is 0 Å². The monoisotopic (exact) mass is 208 g/mol. The van der Waals surface area contributed by atoms with Gasteiger partial charge < -0.3 is 14.6 Å². The molecule has 0 spiro atoms. The summed E-state index contributed by atoms with van der Waals surface area (Å²) in [6, 6.07) is 6.68. The molecule has 1 aliphatic heterocycles. The van der Waals surface area contributed by atoms with E-state index in [1.165, 1.54) is 0 Å². The van der Waals surface area contributed by atoms with Crippen molar-refractivity contribution in [3.05, 3.63) is 29.8 Å². The average molecular weight is 208 g/mol.